The molecule has 1 aromatic carbocycles. The van der Waals surface area contributed by atoms with Crippen LogP contribution in [0.3, 0.4) is 0 Å². The number of benzene rings is 1. The first-order valence-corrected chi connectivity index (χ1v) is 6.56. The first-order valence-electron chi connectivity index (χ1n) is 6.19. The molecule has 0 bridgehead atoms. The molecule has 0 atom stereocenters. The fraction of sp³-hybridized carbons (Fsp3) is 0.357. The molecule has 18 heavy (non-hydrogen) atoms. The van der Waals surface area contributed by atoms with Crippen molar-refractivity contribution in [2.45, 2.75) is 12.6 Å². The van der Waals surface area contributed by atoms with Crippen LogP contribution in [0.25, 0.3) is 10.9 Å². The van der Waals surface area contributed by atoms with E-state index in [2.05, 4.69) is 28.3 Å². The van der Waals surface area contributed by atoms with Crippen LogP contribution in [0.1, 0.15) is 5.56 Å². The predicted molar refractivity (Wildman–Crippen MR) is 74.9 cm³/mol. The van der Waals surface area contributed by atoms with Gasteiger partial charge in [0.05, 0.1) is 5.52 Å². The normalized spacial score (nSPS) is 16.2. The minimum atomic E-state index is 0.638. The molecule has 0 radical (unpaired) electrons. The Kier molecular flexibility index (Phi) is 3.20. The van der Waals surface area contributed by atoms with Crippen molar-refractivity contribution in [2.24, 2.45) is 0 Å². The second-order valence-corrected chi connectivity index (χ2v) is 5.24. The van der Waals surface area contributed by atoms with E-state index in [-0.39, 0.29) is 0 Å². The average Bonchev–Trinajstić information content (AvgIpc) is 2.31. The summed E-state index contributed by atoms with van der Waals surface area (Å²) in [5.74, 6) is 0. The van der Waals surface area contributed by atoms with E-state index < -0.39 is 0 Å². The van der Waals surface area contributed by atoms with Crippen molar-refractivity contribution in [2.75, 3.05) is 20.1 Å². The Hall–Kier alpha value is -1.16. The van der Waals surface area contributed by atoms with Crippen LogP contribution in [0, 0.1) is 0 Å². The number of hydrogen-bond acceptors (Lipinski definition) is 3. The quantitative estimate of drug-likeness (QED) is 0.919. The first kappa shape index (κ1) is 11.9. The van der Waals surface area contributed by atoms with Gasteiger partial charge in [-0.2, -0.15) is 0 Å². The van der Waals surface area contributed by atoms with Gasteiger partial charge in [-0.15, -0.1) is 0 Å². The van der Waals surface area contributed by atoms with Gasteiger partial charge in [0.1, 0.15) is 0 Å². The summed E-state index contributed by atoms with van der Waals surface area (Å²) in [7, 11) is 2.16. The van der Waals surface area contributed by atoms with Crippen LogP contribution in [0.4, 0.5) is 0 Å². The molecule has 1 fully saturated rings. The number of fused-ring (bicyclic) bond motifs is 1. The van der Waals surface area contributed by atoms with Crippen molar-refractivity contribution in [1.29, 1.82) is 0 Å². The van der Waals surface area contributed by atoms with E-state index in [9.17, 15) is 0 Å². The Labute approximate surface area is 112 Å². The maximum absolute atomic E-state index is 6.20. The Balaban J connectivity index is 1.94. The van der Waals surface area contributed by atoms with Crippen molar-refractivity contribution in [3.8, 4) is 0 Å². The maximum atomic E-state index is 6.20. The molecule has 3 rings (SSSR count). The van der Waals surface area contributed by atoms with Gasteiger partial charge in [0.2, 0.25) is 0 Å². The second kappa shape index (κ2) is 4.84. The molecule has 2 heterocycles. The molecule has 1 N–H and O–H groups in total. The van der Waals surface area contributed by atoms with E-state index in [1.54, 1.807) is 0 Å². The molecule has 0 amide bonds. The zero-order valence-corrected chi connectivity index (χ0v) is 11.1. The van der Waals surface area contributed by atoms with Crippen molar-refractivity contribution >= 4 is 22.5 Å². The summed E-state index contributed by atoms with van der Waals surface area (Å²) in [6.07, 6.45) is 1.83. The van der Waals surface area contributed by atoms with Crippen LogP contribution in [0.2, 0.25) is 5.02 Å². The number of halogens is 1. The summed E-state index contributed by atoms with van der Waals surface area (Å²) >= 11 is 6.20. The molecule has 0 aliphatic carbocycles. The van der Waals surface area contributed by atoms with Crippen molar-refractivity contribution in [1.82, 2.24) is 15.2 Å². The summed E-state index contributed by atoms with van der Waals surface area (Å²) in [5, 5.41) is 5.11. The van der Waals surface area contributed by atoms with Crippen LogP contribution in [-0.2, 0) is 6.54 Å². The third-order valence-electron chi connectivity index (χ3n) is 3.60. The summed E-state index contributed by atoms with van der Waals surface area (Å²) in [6, 6.07) is 8.64. The lowest BCUT2D eigenvalue weighted by atomic mass is 10.1. The molecule has 3 nitrogen and oxygen atoms in total. The Bertz CT molecular complexity index is 566. The van der Waals surface area contributed by atoms with Crippen LogP contribution >= 0.6 is 11.6 Å². The average molecular weight is 262 g/mol. The lowest BCUT2D eigenvalue weighted by Gasteiger charge is -2.35. The molecule has 0 saturated carbocycles. The van der Waals surface area contributed by atoms with Crippen LogP contribution < -0.4 is 5.32 Å². The molecule has 0 spiro atoms. The summed E-state index contributed by atoms with van der Waals surface area (Å²) < 4.78 is 0. The Morgan fingerprint density at radius 2 is 2.22 bits per heavy atom. The molecule has 4 heteroatoms. The minimum Gasteiger partial charge on any atom is -0.314 e. The lowest BCUT2D eigenvalue weighted by molar-refractivity contribution is 0.173. The van der Waals surface area contributed by atoms with Crippen LogP contribution in [0.5, 0.6) is 0 Å². The van der Waals surface area contributed by atoms with Gasteiger partial charge >= 0.3 is 0 Å². The van der Waals surface area contributed by atoms with E-state index in [1.165, 1.54) is 5.56 Å². The van der Waals surface area contributed by atoms with E-state index in [1.807, 2.05) is 24.4 Å². The van der Waals surface area contributed by atoms with Crippen molar-refractivity contribution in [3.05, 3.63) is 41.0 Å². The number of aromatic nitrogens is 1. The molecule has 1 aliphatic heterocycles. The van der Waals surface area contributed by atoms with E-state index in [4.69, 9.17) is 11.6 Å². The Morgan fingerprint density at radius 1 is 1.39 bits per heavy atom. The molecule has 1 aliphatic rings. The van der Waals surface area contributed by atoms with Crippen LogP contribution in [0.15, 0.2) is 30.5 Å². The zero-order chi connectivity index (χ0) is 12.5. The standard InChI is InChI=1S/C14H16ClN3/c1-18(11-7-16-8-11)9-10-4-5-13(15)12-3-2-6-17-14(10)12/h2-6,11,16H,7-9H2,1H3. The third-order valence-corrected chi connectivity index (χ3v) is 3.93. The van der Waals surface area contributed by atoms with Gasteiger partial charge in [0, 0.05) is 42.3 Å². The molecule has 1 aromatic heterocycles. The fourth-order valence-electron chi connectivity index (χ4n) is 2.31. The maximum Gasteiger partial charge on any atom is 0.0761 e. The van der Waals surface area contributed by atoms with Crippen molar-refractivity contribution in [3.63, 3.8) is 0 Å². The van der Waals surface area contributed by atoms with Gasteiger partial charge in [-0.25, -0.2) is 0 Å². The summed E-state index contributed by atoms with van der Waals surface area (Å²) in [5.41, 5.74) is 2.26. The van der Waals surface area contributed by atoms with Crippen molar-refractivity contribution < 1.29 is 0 Å². The predicted octanol–water partition coefficient (Wildman–Crippen LogP) is 2.29. The topological polar surface area (TPSA) is 28.2 Å². The lowest BCUT2D eigenvalue weighted by Crippen LogP contribution is -2.55. The molecule has 94 valence electrons. The smallest absolute Gasteiger partial charge is 0.0761 e. The number of nitrogens with one attached hydrogen (secondary N) is 1. The van der Waals surface area contributed by atoms with E-state index >= 15 is 0 Å². The van der Waals surface area contributed by atoms with E-state index in [0.29, 0.717) is 6.04 Å². The second-order valence-electron chi connectivity index (χ2n) is 4.83. The number of hydrogen-bond donors (Lipinski definition) is 1. The highest BCUT2D eigenvalue weighted by Gasteiger charge is 2.21. The molecule has 2 aromatic rings. The number of likely N-dealkylation sites (N-methyl/N-ethyl adjacent to an activating group) is 1. The van der Waals surface area contributed by atoms with Gasteiger partial charge < -0.3 is 5.32 Å². The molecule has 0 unspecified atom stereocenters. The molecular weight excluding hydrogens is 246 g/mol. The van der Waals surface area contributed by atoms with E-state index in [0.717, 1.165) is 35.6 Å². The summed E-state index contributed by atoms with van der Waals surface area (Å²) in [4.78, 5) is 6.84. The fourth-order valence-corrected chi connectivity index (χ4v) is 2.52. The Morgan fingerprint density at radius 3 is 2.94 bits per heavy atom. The van der Waals surface area contributed by atoms with Gasteiger partial charge in [-0.3, -0.25) is 9.88 Å². The molecule has 1 saturated heterocycles. The highest BCUT2D eigenvalue weighted by Crippen LogP contribution is 2.25. The number of nitrogens with zero attached hydrogens (tertiary/aromatic N) is 2. The molecular formula is C14H16ClN3. The largest absolute Gasteiger partial charge is 0.314 e. The SMILES string of the molecule is CN(Cc1ccc(Cl)c2cccnc12)C1CNC1. The third kappa shape index (κ3) is 2.09. The minimum absolute atomic E-state index is 0.638. The number of pyridine rings is 1. The first-order chi connectivity index (χ1) is 8.75. The highest BCUT2D eigenvalue weighted by molar-refractivity contribution is 6.35. The zero-order valence-electron chi connectivity index (χ0n) is 10.4. The number of rotatable bonds is 3. The van der Waals surface area contributed by atoms with Gasteiger partial charge in [0.15, 0.2) is 0 Å². The summed E-state index contributed by atoms with van der Waals surface area (Å²) in [6.45, 7) is 3.07. The highest BCUT2D eigenvalue weighted by atomic mass is 35.5. The van der Waals surface area contributed by atoms with Gasteiger partial charge in [0.25, 0.3) is 0 Å². The monoisotopic (exact) mass is 261 g/mol. The van der Waals surface area contributed by atoms with Gasteiger partial charge in [-0.05, 0) is 30.8 Å². The van der Waals surface area contributed by atoms with Gasteiger partial charge in [-0.1, -0.05) is 17.7 Å². The van der Waals surface area contributed by atoms with Crippen LogP contribution in [-0.4, -0.2) is 36.1 Å².